The number of nitrogen functional groups attached to an aromatic ring is 1. The summed E-state index contributed by atoms with van der Waals surface area (Å²) in [7, 11) is 0. The van der Waals surface area contributed by atoms with Crippen molar-refractivity contribution < 1.29 is 0 Å². The van der Waals surface area contributed by atoms with Crippen LogP contribution in [-0.2, 0) is 0 Å². The quantitative estimate of drug-likeness (QED) is 0.750. The van der Waals surface area contributed by atoms with Crippen LogP contribution in [0.15, 0.2) is 48.7 Å². The van der Waals surface area contributed by atoms with Gasteiger partial charge in [0.2, 0.25) is 0 Å². The fraction of sp³-hybridized carbons (Fsp3) is 0. The molecular weight excluding hydrogens is 184 g/mol. The summed E-state index contributed by atoms with van der Waals surface area (Å²) in [5.74, 6) is 0. The van der Waals surface area contributed by atoms with Crippen LogP contribution in [0, 0.1) is 0 Å². The summed E-state index contributed by atoms with van der Waals surface area (Å²) < 4.78 is 0. The third-order valence-corrected chi connectivity index (χ3v) is 2.12. The first-order valence-corrected chi connectivity index (χ1v) is 4.80. The number of benzene rings is 1. The zero-order valence-electron chi connectivity index (χ0n) is 8.30. The molecule has 0 atom stereocenters. The molecule has 0 aliphatic heterocycles. The molecule has 0 spiro atoms. The van der Waals surface area contributed by atoms with Crippen LogP contribution >= 0.6 is 0 Å². The average molecular weight is 196 g/mol. The third-order valence-electron chi connectivity index (χ3n) is 2.12. The molecule has 2 nitrogen and oxygen atoms in total. The summed E-state index contributed by atoms with van der Waals surface area (Å²) in [6, 6.07) is 13.6. The molecular formula is C13H12N2. The number of nitrogens with zero attached hydrogens (tertiary/aromatic N) is 1. The summed E-state index contributed by atoms with van der Waals surface area (Å²) in [6.07, 6.45) is 5.69. The number of nitrogens with two attached hydrogens (primary N) is 1. The molecule has 15 heavy (non-hydrogen) atoms. The number of para-hydroxylation sites is 1. The summed E-state index contributed by atoms with van der Waals surface area (Å²) in [6.45, 7) is 0. The lowest BCUT2D eigenvalue weighted by atomic mass is 10.1. The molecule has 0 bridgehead atoms. The van der Waals surface area contributed by atoms with Gasteiger partial charge in [-0.25, -0.2) is 0 Å². The number of hydrogen-bond acceptors (Lipinski definition) is 2. The average Bonchev–Trinajstić information content (AvgIpc) is 2.29. The monoisotopic (exact) mass is 196 g/mol. The summed E-state index contributed by atoms with van der Waals surface area (Å²) in [5, 5.41) is 0. The molecule has 0 saturated carbocycles. The maximum atomic E-state index is 5.81. The Labute approximate surface area is 89.1 Å². The van der Waals surface area contributed by atoms with E-state index in [0.29, 0.717) is 0 Å². The molecule has 1 heterocycles. The van der Waals surface area contributed by atoms with Crippen molar-refractivity contribution in [1.82, 2.24) is 4.98 Å². The van der Waals surface area contributed by atoms with Crippen molar-refractivity contribution in [1.29, 1.82) is 0 Å². The molecule has 74 valence electrons. The van der Waals surface area contributed by atoms with Crippen molar-refractivity contribution in [2.45, 2.75) is 0 Å². The predicted molar refractivity (Wildman–Crippen MR) is 64.0 cm³/mol. The highest BCUT2D eigenvalue weighted by Crippen LogP contribution is 2.13. The standard InChI is InChI=1S/C13H12N2/c14-13-7-2-1-5-11(13)8-9-12-6-3-4-10-15-12/h1-10H,14H2/b9-8-. The van der Waals surface area contributed by atoms with Crippen molar-refractivity contribution >= 4 is 17.8 Å². The minimum absolute atomic E-state index is 0.782. The molecule has 0 unspecified atom stereocenters. The van der Waals surface area contributed by atoms with Crippen LogP contribution in [0.25, 0.3) is 12.2 Å². The highest BCUT2D eigenvalue weighted by atomic mass is 14.6. The number of rotatable bonds is 2. The number of aromatic nitrogens is 1. The molecule has 2 N–H and O–H groups in total. The summed E-state index contributed by atoms with van der Waals surface area (Å²) >= 11 is 0. The number of anilines is 1. The Morgan fingerprint density at radius 1 is 0.933 bits per heavy atom. The third kappa shape index (κ3) is 2.44. The van der Waals surface area contributed by atoms with Gasteiger partial charge in [0.05, 0.1) is 5.69 Å². The van der Waals surface area contributed by atoms with Crippen LogP contribution in [0.5, 0.6) is 0 Å². The highest BCUT2D eigenvalue weighted by Gasteiger charge is 1.91. The van der Waals surface area contributed by atoms with Crippen LogP contribution in [0.3, 0.4) is 0 Å². The van der Waals surface area contributed by atoms with E-state index in [4.69, 9.17) is 5.73 Å². The first-order valence-electron chi connectivity index (χ1n) is 4.80. The highest BCUT2D eigenvalue weighted by molar-refractivity contribution is 5.74. The zero-order valence-corrected chi connectivity index (χ0v) is 8.30. The SMILES string of the molecule is Nc1ccccc1/C=C\c1ccccn1. The van der Waals surface area contributed by atoms with Gasteiger partial charge in [0.25, 0.3) is 0 Å². The molecule has 0 saturated heterocycles. The van der Waals surface area contributed by atoms with E-state index in [0.717, 1.165) is 16.9 Å². The molecule has 1 aromatic carbocycles. The minimum Gasteiger partial charge on any atom is -0.398 e. The topological polar surface area (TPSA) is 38.9 Å². The Kier molecular flexibility index (Phi) is 2.79. The maximum Gasteiger partial charge on any atom is 0.0629 e. The van der Waals surface area contributed by atoms with Crippen molar-refractivity contribution in [2.75, 3.05) is 5.73 Å². The lowest BCUT2D eigenvalue weighted by Crippen LogP contribution is -1.87. The Hall–Kier alpha value is -2.09. The van der Waals surface area contributed by atoms with Crippen molar-refractivity contribution in [3.63, 3.8) is 0 Å². The zero-order chi connectivity index (χ0) is 10.5. The second kappa shape index (κ2) is 4.42. The van der Waals surface area contributed by atoms with Gasteiger partial charge in [0, 0.05) is 11.9 Å². The van der Waals surface area contributed by atoms with Gasteiger partial charge in [-0.15, -0.1) is 0 Å². The number of pyridine rings is 1. The smallest absolute Gasteiger partial charge is 0.0629 e. The summed E-state index contributed by atoms with van der Waals surface area (Å²) in [5.41, 5.74) is 8.54. The molecule has 2 rings (SSSR count). The van der Waals surface area contributed by atoms with Gasteiger partial charge in [0.15, 0.2) is 0 Å². The van der Waals surface area contributed by atoms with E-state index in [1.54, 1.807) is 6.20 Å². The normalized spacial score (nSPS) is 10.7. The van der Waals surface area contributed by atoms with Gasteiger partial charge in [-0.3, -0.25) is 4.98 Å². The summed E-state index contributed by atoms with van der Waals surface area (Å²) in [4.78, 5) is 4.20. The molecule has 1 aromatic heterocycles. The van der Waals surface area contributed by atoms with Gasteiger partial charge in [0.1, 0.15) is 0 Å². The molecule has 0 aliphatic rings. The second-order valence-electron chi connectivity index (χ2n) is 3.22. The van der Waals surface area contributed by atoms with E-state index in [2.05, 4.69) is 4.98 Å². The van der Waals surface area contributed by atoms with Crippen LogP contribution < -0.4 is 5.73 Å². The van der Waals surface area contributed by atoms with Crippen molar-refractivity contribution in [2.24, 2.45) is 0 Å². The van der Waals surface area contributed by atoms with Crippen LogP contribution in [0.2, 0.25) is 0 Å². The van der Waals surface area contributed by atoms with Crippen LogP contribution in [-0.4, -0.2) is 4.98 Å². The molecule has 0 fully saturated rings. The molecule has 0 amide bonds. The number of hydrogen-bond donors (Lipinski definition) is 1. The predicted octanol–water partition coefficient (Wildman–Crippen LogP) is 2.83. The first-order chi connectivity index (χ1) is 7.36. The lowest BCUT2D eigenvalue weighted by molar-refractivity contribution is 1.30. The Bertz CT molecular complexity index is 461. The van der Waals surface area contributed by atoms with Gasteiger partial charge in [-0.1, -0.05) is 30.3 Å². The minimum atomic E-state index is 0.782. The van der Waals surface area contributed by atoms with E-state index in [9.17, 15) is 0 Å². The van der Waals surface area contributed by atoms with E-state index >= 15 is 0 Å². The lowest BCUT2D eigenvalue weighted by Gasteiger charge is -1.98. The molecule has 0 radical (unpaired) electrons. The second-order valence-corrected chi connectivity index (χ2v) is 3.22. The Morgan fingerprint density at radius 2 is 1.73 bits per heavy atom. The molecule has 0 aliphatic carbocycles. The molecule has 2 aromatic rings. The van der Waals surface area contributed by atoms with Gasteiger partial charge in [-0.2, -0.15) is 0 Å². The van der Waals surface area contributed by atoms with E-state index in [-0.39, 0.29) is 0 Å². The van der Waals surface area contributed by atoms with Crippen LogP contribution in [0.4, 0.5) is 5.69 Å². The largest absolute Gasteiger partial charge is 0.398 e. The maximum absolute atomic E-state index is 5.81. The molecule has 2 heteroatoms. The Morgan fingerprint density at radius 3 is 2.47 bits per heavy atom. The van der Waals surface area contributed by atoms with Gasteiger partial charge in [-0.05, 0) is 29.8 Å². The van der Waals surface area contributed by atoms with E-state index < -0.39 is 0 Å². The fourth-order valence-electron chi connectivity index (χ4n) is 1.31. The van der Waals surface area contributed by atoms with Crippen molar-refractivity contribution in [3.05, 3.63) is 59.9 Å². The Balaban J connectivity index is 2.23. The van der Waals surface area contributed by atoms with Crippen LogP contribution in [0.1, 0.15) is 11.3 Å². The van der Waals surface area contributed by atoms with Gasteiger partial charge >= 0.3 is 0 Å². The fourth-order valence-corrected chi connectivity index (χ4v) is 1.31. The van der Waals surface area contributed by atoms with E-state index in [1.807, 2.05) is 54.6 Å². The van der Waals surface area contributed by atoms with E-state index in [1.165, 1.54) is 0 Å². The van der Waals surface area contributed by atoms with Crippen molar-refractivity contribution in [3.8, 4) is 0 Å². The van der Waals surface area contributed by atoms with Gasteiger partial charge < -0.3 is 5.73 Å². The first kappa shape index (κ1) is 9.46.